The zero-order valence-corrected chi connectivity index (χ0v) is 15.2. The first-order valence-corrected chi connectivity index (χ1v) is 8.74. The molecular formula is C18H24ClF3N2O2. The van der Waals surface area contributed by atoms with Gasteiger partial charge in [-0.3, -0.25) is 4.79 Å². The molecular weight excluding hydrogens is 369 g/mol. The Morgan fingerprint density at radius 3 is 2.23 bits per heavy atom. The van der Waals surface area contributed by atoms with Crippen molar-refractivity contribution in [3.8, 4) is 5.75 Å². The van der Waals surface area contributed by atoms with Crippen LogP contribution in [0.15, 0.2) is 24.3 Å². The van der Waals surface area contributed by atoms with Gasteiger partial charge in [0.2, 0.25) is 5.91 Å². The molecule has 0 saturated carbocycles. The van der Waals surface area contributed by atoms with E-state index in [2.05, 4.69) is 10.1 Å². The van der Waals surface area contributed by atoms with Gasteiger partial charge in [-0.05, 0) is 61.9 Å². The smallest absolute Gasteiger partial charge is 0.406 e. The average Bonchev–Trinajstić information content (AvgIpc) is 2.91. The van der Waals surface area contributed by atoms with Crippen LogP contribution in [0, 0.1) is 11.8 Å². The maximum Gasteiger partial charge on any atom is 0.573 e. The molecule has 1 aromatic rings. The van der Waals surface area contributed by atoms with Crippen molar-refractivity contribution in [2.24, 2.45) is 11.8 Å². The van der Waals surface area contributed by atoms with E-state index in [1.807, 2.05) is 4.90 Å². The van der Waals surface area contributed by atoms with Gasteiger partial charge in [-0.1, -0.05) is 12.1 Å². The number of rotatable bonds is 4. The summed E-state index contributed by atoms with van der Waals surface area (Å²) in [6, 6.07) is 5.72. The number of halogens is 4. The van der Waals surface area contributed by atoms with Crippen LogP contribution in [0.5, 0.6) is 5.75 Å². The van der Waals surface area contributed by atoms with E-state index in [1.165, 1.54) is 12.1 Å². The molecule has 2 aliphatic rings. The predicted octanol–water partition coefficient (Wildman–Crippen LogP) is 3.40. The summed E-state index contributed by atoms with van der Waals surface area (Å²) in [7, 11) is 0. The van der Waals surface area contributed by atoms with Crippen molar-refractivity contribution in [1.29, 1.82) is 0 Å². The number of benzene rings is 1. The highest BCUT2D eigenvalue weighted by Crippen LogP contribution is 2.27. The quantitative estimate of drug-likeness (QED) is 0.854. The largest absolute Gasteiger partial charge is 0.573 e. The summed E-state index contributed by atoms with van der Waals surface area (Å²) < 4.78 is 40.3. The number of likely N-dealkylation sites (tertiary alicyclic amines) is 1. The Hall–Kier alpha value is -1.47. The highest BCUT2D eigenvalue weighted by Gasteiger charge is 2.32. The molecule has 0 aliphatic carbocycles. The first-order valence-electron chi connectivity index (χ1n) is 8.74. The summed E-state index contributed by atoms with van der Waals surface area (Å²) in [6.07, 6.45) is -1.68. The molecule has 2 saturated heterocycles. The molecule has 0 spiro atoms. The topological polar surface area (TPSA) is 41.6 Å². The van der Waals surface area contributed by atoms with Crippen LogP contribution < -0.4 is 10.1 Å². The molecule has 3 rings (SSSR count). The molecule has 0 radical (unpaired) electrons. The second-order valence-electron chi connectivity index (χ2n) is 6.83. The maximum absolute atomic E-state index is 12.4. The Bertz CT molecular complexity index is 581. The van der Waals surface area contributed by atoms with Crippen molar-refractivity contribution in [1.82, 2.24) is 10.2 Å². The molecule has 2 atom stereocenters. The summed E-state index contributed by atoms with van der Waals surface area (Å²) in [6.45, 7) is 3.72. The van der Waals surface area contributed by atoms with Gasteiger partial charge in [-0.15, -0.1) is 25.6 Å². The molecule has 2 aliphatic heterocycles. The van der Waals surface area contributed by atoms with Crippen LogP contribution in [0.25, 0.3) is 0 Å². The third kappa shape index (κ3) is 5.77. The molecule has 1 amide bonds. The second-order valence-corrected chi connectivity index (χ2v) is 6.83. The van der Waals surface area contributed by atoms with Gasteiger partial charge in [0.05, 0.1) is 0 Å². The lowest BCUT2D eigenvalue weighted by molar-refractivity contribution is -0.274. The van der Waals surface area contributed by atoms with E-state index in [-0.39, 0.29) is 24.1 Å². The molecule has 1 N–H and O–H groups in total. The van der Waals surface area contributed by atoms with Crippen LogP contribution in [-0.2, 0) is 11.2 Å². The number of hydrogen-bond donors (Lipinski definition) is 1. The molecule has 2 heterocycles. The number of ether oxygens (including phenoxy) is 1. The zero-order chi connectivity index (χ0) is 17.9. The van der Waals surface area contributed by atoms with Crippen molar-refractivity contribution >= 4 is 18.3 Å². The van der Waals surface area contributed by atoms with Crippen molar-refractivity contribution in [3.63, 3.8) is 0 Å². The Morgan fingerprint density at radius 2 is 1.69 bits per heavy atom. The zero-order valence-electron chi connectivity index (χ0n) is 14.4. The number of fused-ring (bicyclic) bond motifs is 1. The van der Waals surface area contributed by atoms with E-state index in [9.17, 15) is 18.0 Å². The molecule has 1 aromatic carbocycles. The minimum Gasteiger partial charge on any atom is -0.406 e. The first-order chi connectivity index (χ1) is 11.9. The number of hydrogen-bond acceptors (Lipinski definition) is 3. The van der Waals surface area contributed by atoms with E-state index in [4.69, 9.17) is 0 Å². The Kier molecular flexibility index (Phi) is 7.17. The monoisotopic (exact) mass is 392 g/mol. The van der Waals surface area contributed by atoms with Gasteiger partial charge in [0.1, 0.15) is 5.75 Å². The molecule has 26 heavy (non-hydrogen) atoms. The lowest BCUT2D eigenvalue weighted by Gasteiger charge is -2.21. The summed E-state index contributed by atoms with van der Waals surface area (Å²) in [4.78, 5) is 14.4. The number of carbonyl (C=O) groups is 1. The molecule has 0 unspecified atom stereocenters. The van der Waals surface area contributed by atoms with Gasteiger partial charge in [0.15, 0.2) is 0 Å². The molecule has 146 valence electrons. The molecule has 0 aromatic heterocycles. The van der Waals surface area contributed by atoms with E-state index in [0.29, 0.717) is 24.7 Å². The molecule has 0 bridgehead atoms. The second kappa shape index (κ2) is 8.95. The molecule has 8 heteroatoms. The van der Waals surface area contributed by atoms with Crippen molar-refractivity contribution < 1.29 is 22.7 Å². The highest BCUT2D eigenvalue weighted by atomic mass is 35.5. The van der Waals surface area contributed by atoms with Crippen LogP contribution in [0.1, 0.15) is 24.8 Å². The van der Waals surface area contributed by atoms with Crippen molar-refractivity contribution in [2.75, 3.05) is 26.2 Å². The number of amides is 1. The fourth-order valence-electron chi connectivity index (χ4n) is 3.73. The predicted molar refractivity (Wildman–Crippen MR) is 94.4 cm³/mol. The fourth-order valence-corrected chi connectivity index (χ4v) is 3.73. The lowest BCUT2D eigenvalue weighted by atomic mass is 9.92. The Labute approximate surface area is 157 Å². The number of nitrogens with zero attached hydrogens (tertiary/aromatic N) is 1. The fraction of sp³-hybridized carbons (Fsp3) is 0.611. The van der Waals surface area contributed by atoms with E-state index >= 15 is 0 Å². The van der Waals surface area contributed by atoms with Crippen LogP contribution in [-0.4, -0.2) is 43.3 Å². The standard InChI is InChI=1S/C18H23F3N2O2.ClH/c19-18(20,21)25-16-4-1-13(2-5-16)3-6-17(24)23-9-7-14-11-22-12-15(14)8-10-23;/h1-2,4-5,14-15,22H,3,6-12H2;1H/t14-,15+;. The molecule has 2 fully saturated rings. The van der Waals surface area contributed by atoms with Crippen LogP contribution >= 0.6 is 12.4 Å². The lowest BCUT2D eigenvalue weighted by Crippen LogP contribution is -2.32. The van der Waals surface area contributed by atoms with Gasteiger partial charge >= 0.3 is 6.36 Å². The number of alkyl halides is 3. The Balaban J connectivity index is 0.00000243. The third-order valence-corrected chi connectivity index (χ3v) is 5.16. The van der Waals surface area contributed by atoms with Crippen molar-refractivity contribution in [2.45, 2.75) is 32.0 Å². The SMILES string of the molecule is Cl.O=C(CCc1ccc(OC(F)(F)F)cc1)N1CC[C@@H]2CNC[C@@H]2CC1. The van der Waals surface area contributed by atoms with Crippen LogP contribution in [0.2, 0.25) is 0 Å². The number of aryl methyl sites for hydroxylation is 1. The minimum absolute atomic E-state index is 0. The molecule has 4 nitrogen and oxygen atoms in total. The van der Waals surface area contributed by atoms with Gasteiger partial charge in [0.25, 0.3) is 0 Å². The normalized spacial score (nSPS) is 23.0. The summed E-state index contributed by atoms with van der Waals surface area (Å²) in [5, 5.41) is 3.42. The van der Waals surface area contributed by atoms with E-state index in [0.717, 1.165) is 44.6 Å². The van der Waals surface area contributed by atoms with Crippen LogP contribution in [0.4, 0.5) is 13.2 Å². The van der Waals surface area contributed by atoms with E-state index in [1.54, 1.807) is 12.1 Å². The Morgan fingerprint density at radius 1 is 1.12 bits per heavy atom. The first kappa shape index (κ1) is 20.8. The van der Waals surface area contributed by atoms with Crippen molar-refractivity contribution in [3.05, 3.63) is 29.8 Å². The van der Waals surface area contributed by atoms with Gasteiger partial charge < -0.3 is 15.0 Å². The summed E-state index contributed by atoms with van der Waals surface area (Å²) in [5.74, 6) is 1.25. The average molecular weight is 393 g/mol. The summed E-state index contributed by atoms with van der Waals surface area (Å²) >= 11 is 0. The summed E-state index contributed by atoms with van der Waals surface area (Å²) in [5.41, 5.74) is 0.832. The van der Waals surface area contributed by atoms with Gasteiger partial charge in [-0.25, -0.2) is 0 Å². The highest BCUT2D eigenvalue weighted by molar-refractivity contribution is 5.85. The minimum atomic E-state index is -4.68. The number of carbonyl (C=O) groups excluding carboxylic acids is 1. The number of nitrogens with one attached hydrogen (secondary N) is 1. The van der Waals surface area contributed by atoms with Crippen LogP contribution in [0.3, 0.4) is 0 Å². The third-order valence-electron chi connectivity index (χ3n) is 5.16. The van der Waals surface area contributed by atoms with Gasteiger partial charge in [-0.2, -0.15) is 0 Å². The van der Waals surface area contributed by atoms with Gasteiger partial charge in [0, 0.05) is 19.5 Å². The van der Waals surface area contributed by atoms with E-state index < -0.39 is 6.36 Å². The maximum atomic E-state index is 12.4.